The molecule has 0 radical (unpaired) electrons. The number of aromatic nitrogens is 1. The molecule has 0 aliphatic heterocycles. The van der Waals surface area contributed by atoms with Crippen LogP contribution in [0.25, 0.3) is 0 Å². The molecule has 2 nitrogen and oxygen atoms in total. The average molecular weight is 545 g/mol. The van der Waals surface area contributed by atoms with E-state index in [1.54, 1.807) is 0 Å². The number of allylic oxidation sites excluding steroid dienone is 2. The Balaban J connectivity index is 0.00000106. The van der Waals surface area contributed by atoms with Gasteiger partial charge in [-0.3, -0.25) is 0 Å². The van der Waals surface area contributed by atoms with Gasteiger partial charge in [0.1, 0.15) is 0 Å². The Morgan fingerprint density at radius 3 is 1.82 bits per heavy atom. The molecule has 0 bridgehead atoms. The highest BCUT2D eigenvalue weighted by atomic mass is 15.1. The van der Waals surface area contributed by atoms with Gasteiger partial charge in [-0.15, -0.1) is 6.58 Å². The van der Waals surface area contributed by atoms with Crippen molar-refractivity contribution in [3.63, 3.8) is 0 Å². The Bertz CT molecular complexity index is 1140. The van der Waals surface area contributed by atoms with E-state index < -0.39 is 0 Å². The van der Waals surface area contributed by atoms with Crippen LogP contribution in [0.3, 0.4) is 0 Å². The number of para-hydroxylation sites is 1. The molecule has 0 saturated heterocycles. The summed E-state index contributed by atoms with van der Waals surface area (Å²) in [5, 5.41) is 0. The quantitative estimate of drug-likeness (QED) is 0.243. The number of hydrogen-bond donors (Lipinski definition) is 0. The van der Waals surface area contributed by atoms with Gasteiger partial charge in [-0.1, -0.05) is 113 Å². The predicted molar refractivity (Wildman–Crippen MR) is 183 cm³/mol. The summed E-state index contributed by atoms with van der Waals surface area (Å²) < 4.78 is 2.50. The molecule has 0 atom stereocenters. The van der Waals surface area contributed by atoms with Gasteiger partial charge >= 0.3 is 0 Å². The molecule has 0 aliphatic carbocycles. The molecule has 2 aromatic carbocycles. The first-order valence-corrected chi connectivity index (χ1v) is 15.1. The van der Waals surface area contributed by atoms with Crippen molar-refractivity contribution in [1.29, 1.82) is 0 Å². The lowest BCUT2D eigenvalue weighted by molar-refractivity contribution is 0.358. The molecule has 1 aromatic heterocycles. The van der Waals surface area contributed by atoms with E-state index in [1.165, 1.54) is 50.5 Å². The third-order valence-electron chi connectivity index (χ3n) is 6.88. The van der Waals surface area contributed by atoms with Gasteiger partial charge in [-0.05, 0) is 75.6 Å². The normalized spacial score (nSPS) is 10.2. The second-order valence-electron chi connectivity index (χ2n) is 11.4. The number of nitrogens with zero attached hydrogens (tertiary/aromatic N) is 2. The van der Waals surface area contributed by atoms with Gasteiger partial charge in [0.25, 0.3) is 0 Å². The molecule has 0 aliphatic rings. The highest BCUT2D eigenvalue weighted by Crippen LogP contribution is 2.34. The Kier molecular flexibility index (Phi) is 17.0. The predicted octanol–water partition coefficient (Wildman–Crippen LogP) is 10.8. The van der Waals surface area contributed by atoms with E-state index in [-0.39, 0.29) is 5.41 Å². The fraction of sp³-hybridized carbons (Fsp3) is 0.474. The molecule has 1 heterocycles. The largest absolute Gasteiger partial charge is 0.377 e. The molecule has 40 heavy (non-hydrogen) atoms. The lowest BCUT2D eigenvalue weighted by atomic mass is 9.83. The molecule has 3 aromatic rings. The van der Waals surface area contributed by atoms with Crippen LogP contribution in [0.1, 0.15) is 94.1 Å². The zero-order valence-electron chi connectivity index (χ0n) is 28.3. The maximum atomic E-state index is 4.18. The minimum atomic E-state index is 0.197. The van der Waals surface area contributed by atoms with Gasteiger partial charge in [0.05, 0.1) is 0 Å². The highest BCUT2D eigenvalue weighted by Gasteiger charge is 2.24. The maximum absolute atomic E-state index is 4.18. The van der Waals surface area contributed by atoms with Crippen LogP contribution in [-0.4, -0.2) is 18.7 Å². The number of aryl methyl sites for hydroxylation is 2. The summed E-state index contributed by atoms with van der Waals surface area (Å²) in [5.41, 5.74) is 12.4. The lowest BCUT2D eigenvalue weighted by Crippen LogP contribution is -2.18. The van der Waals surface area contributed by atoms with Gasteiger partial charge in [-0.25, -0.2) is 0 Å². The van der Waals surface area contributed by atoms with Crippen LogP contribution in [0.2, 0.25) is 0 Å². The molecule has 222 valence electrons. The second kappa shape index (κ2) is 18.4. The summed E-state index contributed by atoms with van der Waals surface area (Å²) in [6.07, 6.45) is 5.07. The summed E-state index contributed by atoms with van der Waals surface area (Å²) in [4.78, 5) is 2.21. The minimum Gasteiger partial charge on any atom is -0.377 e. The monoisotopic (exact) mass is 544 g/mol. The van der Waals surface area contributed by atoms with Crippen molar-refractivity contribution in [1.82, 2.24) is 4.57 Å². The van der Waals surface area contributed by atoms with Gasteiger partial charge in [0.15, 0.2) is 0 Å². The lowest BCUT2D eigenvalue weighted by Gasteiger charge is -2.25. The van der Waals surface area contributed by atoms with E-state index in [1.807, 2.05) is 33.8 Å². The smallest absolute Gasteiger partial charge is 0.0429 e. The first-order chi connectivity index (χ1) is 18.9. The minimum absolute atomic E-state index is 0.197. The summed E-state index contributed by atoms with van der Waals surface area (Å²) in [7, 11) is 4.24. The molecule has 0 spiro atoms. The third-order valence-corrected chi connectivity index (χ3v) is 6.88. The van der Waals surface area contributed by atoms with Crippen LogP contribution in [-0.2, 0) is 19.4 Å². The van der Waals surface area contributed by atoms with E-state index in [4.69, 9.17) is 0 Å². The van der Waals surface area contributed by atoms with E-state index in [0.29, 0.717) is 0 Å². The summed E-state index contributed by atoms with van der Waals surface area (Å²) in [6, 6.07) is 17.2. The Labute approximate surface area is 248 Å². The van der Waals surface area contributed by atoms with Gasteiger partial charge in [0.2, 0.25) is 0 Å². The van der Waals surface area contributed by atoms with Crippen LogP contribution >= 0.6 is 0 Å². The van der Waals surface area contributed by atoms with Crippen molar-refractivity contribution in [3.05, 3.63) is 113 Å². The topological polar surface area (TPSA) is 8.17 Å². The van der Waals surface area contributed by atoms with Crippen LogP contribution in [0.4, 0.5) is 5.69 Å². The fourth-order valence-electron chi connectivity index (χ4n) is 4.83. The van der Waals surface area contributed by atoms with Crippen LogP contribution in [0, 0.1) is 33.1 Å². The summed E-state index contributed by atoms with van der Waals surface area (Å²) in [6.45, 7) is 32.6. The van der Waals surface area contributed by atoms with Crippen LogP contribution in [0.5, 0.6) is 0 Å². The molecule has 0 saturated carbocycles. The first kappa shape index (κ1) is 37.0. The molecule has 2 heteroatoms. The van der Waals surface area contributed by atoms with E-state index >= 15 is 0 Å². The zero-order chi connectivity index (χ0) is 31.0. The highest BCUT2D eigenvalue weighted by molar-refractivity contribution is 5.55. The number of rotatable bonds is 9. The molecule has 0 fully saturated rings. The van der Waals surface area contributed by atoms with Crippen molar-refractivity contribution in [2.45, 2.75) is 102 Å². The molecule has 0 amide bonds. The molecular weight excluding hydrogens is 484 g/mol. The van der Waals surface area contributed by atoms with Crippen molar-refractivity contribution in [2.24, 2.45) is 5.41 Å². The SMILES string of the molecule is C=CCC(C)(C)Cc1c(C)c(Cc2ccccc2N(C)C)c(C)n1CC(=C)C.CC.CC.Cc1ccc(C)cc1. The van der Waals surface area contributed by atoms with Gasteiger partial charge in [0, 0.05) is 44.1 Å². The number of anilines is 1. The standard InChI is InChI=1S/C26H38N2.C8H10.2C2H6/c1-10-15-26(6,7)17-25-20(4)23(21(5)28(25)18-19(2)3)16-22-13-11-12-14-24(22)27(8)9;1-7-3-5-8(2)6-4-7;2*1-2/h10-14H,1-2,15-18H2,3-9H3;3-6H,1-2H3;2*1-2H3. The second-order valence-corrected chi connectivity index (χ2v) is 11.4. The van der Waals surface area contributed by atoms with E-state index in [0.717, 1.165) is 25.8 Å². The average Bonchev–Trinajstić information content (AvgIpc) is 3.12. The van der Waals surface area contributed by atoms with Crippen LogP contribution in [0.15, 0.2) is 73.3 Å². The zero-order valence-corrected chi connectivity index (χ0v) is 28.3. The summed E-state index contributed by atoms with van der Waals surface area (Å²) in [5.74, 6) is 0. The Hall–Kier alpha value is -3.00. The third kappa shape index (κ3) is 11.6. The number of hydrogen-bond acceptors (Lipinski definition) is 1. The number of benzene rings is 2. The van der Waals surface area contributed by atoms with E-state index in [9.17, 15) is 0 Å². The molecular formula is C38H60N2. The van der Waals surface area contributed by atoms with E-state index in [2.05, 4.69) is 134 Å². The molecule has 0 unspecified atom stereocenters. The van der Waals surface area contributed by atoms with Crippen LogP contribution < -0.4 is 4.90 Å². The first-order valence-electron chi connectivity index (χ1n) is 15.1. The van der Waals surface area contributed by atoms with Crippen molar-refractivity contribution >= 4 is 5.69 Å². The molecule has 0 N–H and O–H groups in total. The summed E-state index contributed by atoms with van der Waals surface area (Å²) >= 11 is 0. The fourth-order valence-corrected chi connectivity index (χ4v) is 4.83. The maximum Gasteiger partial charge on any atom is 0.0429 e. The van der Waals surface area contributed by atoms with Gasteiger partial charge < -0.3 is 9.47 Å². The Morgan fingerprint density at radius 1 is 0.875 bits per heavy atom. The van der Waals surface area contributed by atoms with Crippen molar-refractivity contribution in [3.8, 4) is 0 Å². The molecule has 3 rings (SSSR count). The van der Waals surface area contributed by atoms with Gasteiger partial charge in [-0.2, -0.15) is 0 Å². The van der Waals surface area contributed by atoms with Crippen molar-refractivity contribution < 1.29 is 0 Å². The van der Waals surface area contributed by atoms with Crippen molar-refractivity contribution in [2.75, 3.05) is 19.0 Å². The Morgan fingerprint density at radius 2 is 1.38 bits per heavy atom.